The molecule has 0 N–H and O–H groups in total. The third kappa shape index (κ3) is 3.75. The van der Waals surface area contributed by atoms with Crippen molar-refractivity contribution < 1.29 is 17.9 Å². The number of hydrogen-bond acceptors (Lipinski definition) is 4. The number of alkyl halides is 3. The lowest BCUT2D eigenvalue weighted by atomic mass is 10.0. The predicted octanol–water partition coefficient (Wildman–Crippen LogP) is 4.95. The van der Waals surface area contributed by atoms with E-state index >= 15 is 0 Å². The van der Waals surface area contributed by atoms with Gasteiger partial charge >= 0.3 is 11.9 Å². The molecule has 170 valence electrons. The molecule has 1 aliphatic heterocycles. The van der Waals surface area contributed by atoms with E-state index < -0.39 is 17.3 Å². The van der Waals surface area contributed by atoms with Gasteiger partial charge < -0.3 is 9.64 Å². The quantitative estimate of drug-likeness (QED) is 0.469. The maximum Gasteiger partial charge on any atom is 0.405 e. The van der Waals surface area contributed by atoms with E-state index in [0.29, 0.717) is 51.7 Å². The van der Waals surface area contributed by atoms with Gasteiger partial charge in [0.1, 0.15) is 11.2 Å². The topological polar surface area (TPSA) is 47.4 Å². The minimum absolute atomic E-state index is 0.0190. The first-order valence-electron chi connectivity index (χ1n) is 10.4. The molecule has 0 unspecified atom stereocenters. The van der Waals surface area contributed by atoms with Crippen LogP contribution in [0.2, 0.25) is 5.02 Å². The Labute approximate surface area is 192 Å². The van der Waals surface area contributed by atoms with Crippen LogP contribution in [-0.4, -0.2) is 28.9 Å². The summed E-state index contributed by atoms with van der Waals surface area (Å²) in [6.45, 7) is 0.935. The third-order valence-corrected chi connectivity index (χ3v) is 6.42. The van der Waals surface area contributed by atoms with E-state index in [2.05, 4.69) is 16.8 Å². The Kier molecular flexibility index (Phi) is 5.15. The van der Waals surface area contributed by atoms with E-state index in [-0.39, 0.29) is 19.4 Å². The minimum atomic E-state index is -4.35. The summed E-state index contributed by atoms with van der Waals surface area (Å²) in [5.74, 6) is 5.65. The Bertz CT molecular complexity index is 1380. The van der Waals surface area contributed by atoms with Gasteiger partial charge in [0.25, 0.3) is 0 Å². The number of nitrogens with zero attached hydrogens (tertiary/aromatic N) is 3. The molecule has 1 aromatic heterocycles. The summed E-state index contributed by atoms with van der Waals surface area (Å²) in [7, 11) is 1.64. The van der Waals surface area contributed by atoms with Crippen molar-refractivity contribution in [3.63, 3.8) is 0 Å². The number of aryl methyl sites for hydroxylation is 1. The van der Waals surface area contributed by atoms with Gasteiger partial charge in [-0.2, -0.15) is 18.2 Å². The van der Waals surface area contributed by atoms with Crippen LogP contribution in [0, 0.1) is 17.3 Å². The second-order valence-corrected chi connectivity index (χ2v) is 8.71. The molecule has 33 heavy (non-hydrogen) atoms. The Balaban J connectivity index is 1.67. The number of fused-ring (bicyclic) bond motifs is 2. The van der Waals surface area contributed by atoms with Gasteiger partial charge in [-0.1, -0.05) is 29.5 Å². The third-order valence-electron chi connectivity index (χ3n) is 6.18. The Morgan fingerprint density at radius 3 is 2.73 bits per heavy atom. The highest BCUT2D eigenvalue weighted by Gasteiger charge is 2.62. The highest BCUT2D eigenvalue weighted by Crippen LogP contribution is 2.57. The van der Waals surface area contributed by atoms with Crippen LogP contribution in [0.4, 0.5) is 24.7 Å². The number of benzene rings is 2. The minimum Gasteiger partial charge on any atom is -0.375 e. The average Bonchev–Trinajstić information content (AvgIpc) is 3.59. The molecule has 0 atom stereocenters. The van der Waals surface area contributed by atoms with Crippen molar-refractivity contribution in [3.8, 4) is 11.8 Å². The molecule has 0 amide bonds. The monoisotopic (exact) mass is 473 g/mol. The normalized spacial score (nSPS) is 17.2. The maximum atomic E-state index is 13.4. The van der Waals surface area contributed by atoms with Crippen LogP contribution in [0.1, 0.15) is 24.0 Å². The highest BCUT2D eigenvalue weighted by molar-refractivity contribution is 6.31. The fourth-order valence-electron chi connectivity index (χ4n) is 4.07. The van der Waals surface area contributed by atoms with Crippen LogP contribution in [0.5, 0.6) is 0 Å². The summed E-state index contributed by atoms with van der Waals surface area (Å²) < 4.78 is 47.2. The van der Waals surface area contributed by atoms with Gasteiger partial charge in [-0.25, -0.2) is 4.79 Å². The van der Waals surface area contributed by atoms with Crippen molar-refractivity contribution >= 4 is 34.0 Å². The van der Waals surface area contributed by atoms with Gasteiger partial charge in [0, 0.05) is 40.8 Å². The number of halogens is 4. The second kappa shape index (κ2) is 7.79. The largest absolute Gasteiger partial charge is 0.405 e. The molecule has 2 heterocycles. The summed E-state index contributed by atoms with van der Waals surface area (Å²) in [5, 5.41) is 1.18. The van der Waals surface area contributed by atoms with Gasteiger partial charge in [0.15, 0.2) is 0 Å². The second-order valence-electron chi connectivity index (χ2n) is 8.28. The molecule has 1 fully saturated rings. The molecule has 1 saturated carbocycles. The van der Waals surface area contributed by atoms with Gasteiger partial charge in [-0.3, -0.25) is 4.57 Å². The first-order chi connectivity index (χ1) is 15.7. The van der Waals surface area contributed by atoms with Crippen molar-refractivity contribution in [2.45, 2.75) is 25.6 Å². The molecule has 0 bridgehead atoms. The molecular weight excluding hydrogens is 455 g/mol. The lowest BCUT2D eigenvalue weighted by Crippen LogP contribution is -2.28. The van der Waals surface area contributed by atoms with Gasteiger partial charge in [-0.05, 0) is 43.2 Å². The van der Waals surface area contributed by atoms with E-state index in [1.54, 1.807) is 37.4 Å². The molecule has 0 saturated heterocycles. The zero-order valence-electron chi connectivity index (χ0n) is 17.7. The van der Waals surface area contributed by atoms with Crippen LogP contribution < -0.4 is 10.6 Å². The Morgan fingerprint density at radius 1 is 1.21 bits per heavy atom. The number of rotatable bonds is 1. The van der Waals surface area contributed by atoms with Crippen LogP contribution in [0.3, 0.4) is 0 Å². The molecule has 2 aliphatic rings. The summed E-state index contributed by atoms with van der Waals surface area (Å²) in [4.78, 5) is 18.7. The first-order valence-corrected chi connectivity index (χ1v) is 10.8. The zero-order chi connectivity index (χ0) is 23.4. The molecule has 5 nitrogen and oxygen atoms in total. The van der Waals surface area contributed by atoms with E-state index in [1.807, 2.05) is 11.0 Å². The highest BCUT2D eigenvalue weighted by atomic mass is 35.5. The standard InChI is InChI=1S/C24H19ClF3N3O2/c1-30-19-6-5-16(25)13-17(19)21(29-22(30)32)31-11-12-33-14-18-15(3-2-4-20(18)31)7-8-23(9-10-23)24(26,27)28/h2-6,13H,9-12,14H2,1H3. The summed E-state index contributed by atoms with van der Waals surface area (Å²) in [6.07, 6.45) is -4.31. The van der Waals surface area contributed by atoms with Crippen LogP contribution in [-0.2, 0) is 18.4 Å². The summed E-state index contributed by atoms with van der Waals surface area (Å²) in [5.41, 5.74) is 0.153. The van der Waals surface area contributed by atoms with E-state index in [1.165, 1.54) is 4.57 Å². The number of aromatic nitrogens is 2. The summed E-state index contributed by atoms with van der Waals surface area (Å²) in [6, 6.07) is 10.5. The van der Waals surface area contributed by atoms with Crippen LogP contribution in [0.15, 0.2) is 41.2 Å². The lowest BCUT2D eigenvalue weighted by molar-refractivity contribution is -0.168. The molecular formula is C24H19ClF3N3O2. The Morgan fingerprint density at radius 2 is 2.00 bits per heavy atom. The number of hydrogen-bond donors (Lipinski definition) is 0. The molecule has 2 aromatic carbocycles. The van der Waals surface area contributed by atoms with Gasteiger partial charge in [0.2, 0.25) is 0 Å². The lowest BCUT2D eigenvalue weighted by Gasteiger charge is -2.25. The fraction of sp³-hybridized carbons (Fsp3) is 0.333. The van der Waals surface area contributed by atoms with Crippen LogP contribution in [0.25, 0.3) is 10.9 Å². The summed E-state index contributed by atoms with van der Waals surface area (Å²) >= 11 is 6.24. The smallest absolute Gasteiger partial charge is 0.375 e. The molecule has 5 rings (SSSR count). The molecule has 3 aromatic rings. The first kappa shape index (κ1) is 21.8. The molecule has 9 heteroatoms. The van der Waals surface area contributed by atoms with Gasteiger partial charge in [0.05, 0.1) is 18.7 Å². The predicted molar refractivity (Wildman–Crippen MR) is 120 cm³/mol. The zero-order valence-corrected chi connectivity index (χ0v) is 18.4. The fourth-order valence-corrected chi connectivity index (χ4v) is 4.24. The van der Waals surface area contributed by atoms with Gasteiger partial charge in [-0.15, -0.1) is 0 Å². The van der Waals surface area contributed by atoms with Crippen LogP contribution >= 0.6 is 11.6 Å². The molecule has 0 spiro atoms. The average molecular weight is 474 g/mol. The van der Waals surface area contributed by atoms with Crippen molar-refractivity contribution in [1.82, 2.24) is 9.55 Å². The van der Waals surface area contributed by atoms with E-state index in [9.17, 15) is 18.0 Å². The van der Waals surface area contributed by atoms with Crippen molar-refractivity contribution in [2.75, 3.05) is 18.1 Å². The van der Waals surface area contributed by atoms with Crippen molar-refractivity contribution in [2.24, 2.45) is 12.5 Å². The van der Waals surface area contributed by atoms with Crippen molar-refractivity contribution in [3.05, 3.63) is 63.0 Å². The molecule has 0 radical (unpaired) electrons. The number of anilines is 2. The van der Waals surface area contributed by atoms with E-state index in [0.717, 1.165) is 0 Å². The van der Waals surface area contributed by atoms with E-state index in [4.69, 9.17) is 16.3 Å². The maximum absolute atomic E-state index is 13.4. The van der Waals surface area contributed by atoms with Crippen molar-refractivity contribution in [1.29, 1.82) is 0 Å². The molecule has 1 aliphatic carbocycles. The number of ether oxygens (including phenoxy) is 1. The Hall–Kier alpha value is -3.02. The SMILES string of the molecule is Cn1c(=O)nc(N2CCOCc3c(C#CC4(C(F)(F)F)CC4)cccc32)c2cc(Cl)ccc21.